The Balaban J connectivity index is 2.30. The van der Waals surface area contributed by atoms with Gasteiger partial charge in [0.2, 0.25) is 0 Å². The van der Waals surface area contributed by atoms with E-state index in [1.807, 2.05) is 29.8 Å². The summed E-state index contributed by atoms with van der Waals surface area (Å²) in [5.41, 5.74) is 2.79. The van der Waals surface area contributed by atoms with Crippen LogP contribution in [0.5, 0.6) is 0 Å². The molecule has 0 bridgehead atoms. The summed E-state index contributed by atoms with van der Waals surface area (Å²) >= 11 is 9.73. The Hall–Kier alpha value is -0.840. The number of aromatic nitrogens is 2. The average molecular weight is 358 g/mol. The van der Waals surface area contributed by atoms with Gasteiger partial charge in [-0.15, -0.1) is 0 Å². The SMILES string of the molecule is CCc1nn(CC)c(CC(O)c2ccccc2Cl)c1Br. The molecule has 0 aliphatic carbocycles. The van der Waals surface area contributed by atoms with Crippen molar-refractivity contribution in [2.45, 2.75) is 39.3 Å². The maximum absolute atomic E-state index is 10.4. The molecule has 0 saturated carbocycles. The minimum absolute atomic E-state index is 0.491. The number of aryl methyl sites for hydroxylation is 2. The normalized spacial score (nSPS) is 12.7. The Morgan fingerprint density at radius 3 is 2.65 bits per heavy atom. The summed E-state index contributed by atoms with van der Waals surface area (Å²) in [6.45, 7) is 4.90. The smallest absolute Gasteiger partial charge is 0.0860 e. The van der Waals surface area contributed by atoms with Crippen LogP contribution in [0, 0.1) is 0 Å². The van der Waals surface area contributed by atoms with Crippen LogP contribution in [0.3, 0.4) is 0 Å². The highest BCUT2D eigenvalue weighted by Crippen LogP contribution is 2.30. The highest BCUT2D eigenvalue weighted by molar-refractivity contribution is 9.10. The number of nitrogens with zero attached hydrogens (tertiary/aromatic N) is 2. The van der Waals surface area contributed by atoms with E-state index in [-0.39, 0.29) is 0 Å². The molecule has 20 heavy (non-hydrogen) atoms. The van der Waals surface area contributed by atoms with Gasteiger partial charge in [-0.2, -0.15) is 5.10 Å². The van der Waals surface area contributed by atoms with Crippen LogP contribution in [0.2, 0.25) is 5.02 Å². The van der Waals surface area contributed by atoms with Crippen molar-refractivity contribution in [3.05, 3.63) is 50.7 Å². The Morgan fingerprint density at radius 1 is 1.35 bits per heavy atom. The topological polar surface area (TPSA) is 38.0 Å². The predicted molar refractivity (Wildman–Crippen MR) is 85.1 cm³/mol. The van der Waals surface area contributed by atoms with Crippen molar-refractivity contribution in [3.8, 4) is 0 Å². The molecule has 0 spiro atoms. The number of hydrogen-bond acceptors (Lipinski definition) is 2. The lowest BCUT2D eigenvalue weighted by Gasteiger charge is -2.14. The van der Waals surface area contributed by atoms with E-state index >= 15 is 0 Å². The number of benzene rings is 1. The minimum Gasteiger partial charge on any atom is -0.388 e. The molecule has 1 aromatic heterocycles. The first kappa shape index (κ1) is 15.5. The standard InChI is InChI=1S/C15H18BrClN2O/c1-3-12-15(16)13(19(4-2)18-12)9-14(20)10-7-5-6-8-11(10)17/h5-8,14,20H,3-4,9H2,1-2H3. The molecule has 1 heterocycles. The summed E-state index contributed by atoms with van der Waals surface area (Å²) in [5, 5.41) is 15.6. The zero-order chi connectivity index (χ0) is 14.7. The van der Waals surface area contributed by atoms with Gasteiger partial charge in [0.05, 0.1) is 22.0 Å². The van der Waals surface area contributed by atoms with Crippen LogP contribution in [0.15, 0.2) is 28.7 Å². The van der Waals surface area contributed by atoms with E-state index < -0.39 is 6.10 Å². The highest BCUT2D eigenvalue weighted by atomic mass is 79.9. The molecule has 5 heteroatoms. The zero-order valence-electron chi connectivity index (χ0n) is 11.6. The fourth-order valence-corrected chi connectivity index (χ4v) is 3.24. The Labute approximate surface area is 132 Å². The van der Waals surface area contributed by atoms with Crippen molar-refractivity contribution < 1.29 is 5.11 Å². The molecule has 2 rings (SSSR count). The molecule has 0 fully saturated rings. The van der Waals surface area contributed by atoms with Crippen molar-refractivity contribution in [3.63, 3.8) is 0 Å². The lowest BCUT2D eigenvalue weighted by molar-refractivity contribution is 0.175. The first-order valence-electron chi connectivity index (χ1n) is 6.75. The number of aliphatic hydroxyl groups is 1. The monoisotopic (exact) mass is 356 g/mol. The molecule has 108 valence electrons. The van der Waals surface area contributed by atoms with Crippen LogP contribution in [0.4, 0.5) is 0 Å². The van der Waals surface area contributed by atoms with E-state index in [1.54, 1.807) is 6.07 Å². The van der Waals surface area contributed by atoms with E-state index in [0.717, 1.165) is 34.4 Å². The molecular formula is C15H18BrClN2O. The summed E-state index contributed by atoms with van der Waals surface area (Å²) in [5.74, 6) is 0. The van der Waals surface area contributed by atoms with Gasteiger partial charge in [-0.3, -0.25) is 4.68 Å². The molecule has 3 nitrogen and oxygen atoms in total. The number of aliphatic hydroxyl groups excluding tert-OH is 1. The van der Waals surface area contributed by atoms with Gasteiger partial charge in [-0.25, -0.2) is 0 Å². The van der Waals surface area contributed by atoms with Gasteiger partial charge < -0.3 is 5.11 Å². The molecule has 0 amide bonds. The largest absolute Gasteiger partial charge is 0.388 e. The summed E-state index contributed by atoms with van der Waals surface area (Å²) in [7, 11) is 0. The van der Waals surface area contributed by atoms with E-state index in [1.165, 1.54) is 0 Å². The van der Waals surface area contributed by atoms with Crippen LogP contribution >= 0.6 is 27.5 Å². The number of hydrogen-bond donors (Lipinski definition) is 1. The second-order valence-corrected chi connectivity index (χ2v) is 5.82. The molecule has 0 saturated heterocycles. The van der Waals surface area contributed by atoms with Crippen molar-refractivity contribution in [1.29, 1.82) is 0 Å². The Kier molecular flexibility index (Phi) is 5.24. The Morgan fingerprint density at radius 2 is 2.05 bits per heavy atom. The lowest BCUT2D eigenvalue weighted by atomic mass is 10.0. The van der Waals surface area contributed by atoms with Crippen LogP contribution in [0.25, 0.3) is 0 Å². The molecule has 1 aromatic carbocycles. The van der Waals surface area contributed by atoms with Crippen molar-refractivity contribution in [2.24, 2.45) is 0 Å². The zero-order valence-corrected chi connectivity index (χ0v) is 13.9. The van der Waals surface area contributed by atoms with Crippen molar-refractivity contribution >= 4 is 27.5 Å². The van der Waals surface area contributed by atoms with E-state index in [9.17, 15) is 5.11 Å². The second-order valence-electron chi connectivity index (χ2n) is 4.62. The fraction of sp³-hybridized carbons (Fsp3) is 0.400. The van der Waals surface area contributed by atoms with E-state index in [4.69, 9.17) is 11.6 Å². The molecule has 2 aromatic rings. The quantitative estimate of drug-likeness (QED) is 0.872. The van der Waals surface area contributed by atoms with Gasteiger partial charge in [-0.05, 0) is 40.9 Å². The minimum atomic E-state index is -0.633. The maximum atomic E-state index is 10.4. The van der Waals surface area contributed by atoms with Gasteiger partial charge in [0.15, 0.2) is 0 Å². The van der Waals surface area contributed by atoms with Gasteiger partial charge in [0, 0.05) is 18.0 Å². The molecule has 0 radical (unpaired) electrons. The fourth-order valence-electron chi connectivity index (χ4n) is 2.25. The number of halogens is 2. The molecule has 1 atom stereocenters. The van der Waals surface area contributed by atoms with Crippen LogP contribution in [-0.4, -0.2) is 14.9 Å². The number of rotatable bonds is 5. The first-order chi connectivity index (χ1) is 9.58. The molecule has 0 aliphatic rings. The van der Waals surface area contributed by atoms with Crippen molar-refractivity contribution in [1.82, 2.24) is 9.78 Å². The third kappa shape index (κ3) is 3.08. The summed E-state index contributed by atoms with van der Waals surface area (Å²) in [4.78, 5) is 0. The third-order valence-corrected chi connectivity index (χ3v) is 4.60. The van der Waals surface area contributed by atoms with Crippen LogP contribution in [-0.2, 0) is 19.4 Å². The molecule has 1 N–H and O–H groups in total. The average Bonchev–Trinajstić information content (AvgIpc) is 2.75. The molecule has 1 unspecified atom stereocenters. The van der Waals surface area contributed by atoms with Gasteiger partial charge in [0.25, 0.3) is 0 Å². The summed E-state index contributed by atoms with van der Waals surface area (Å²) in [6.07, 6.45) is 0.722. The van der Waals surface area contributed by atoms with Crippen LogP contribution < -0.4 is 0 Å². The highest BCUT2D eigenvalue weighted by Gasteiger charge is 2.19. The van der Waals surface area contributed by atoms with Gasteiger partial charge in [0.1, 0.15) is 0 Å². The van der Waals surface area contributed by atoms with Crippen LogP contribution in [0.1, 0.15) is 36.9 Å². The maximum Gasteiger partial charge on any atom is 0.0860 e. The second kappa shape index (κ2) is 6.74. The Bertz CT molecular complexity index is 598. The predicted octanol–water partition coefficient (Wildman–Crippen LogP) is 4.16. The van der Waals surface area contributed by atoms with Gasteiger partial charge in [-0.1, -0.05) is 36.7 Å². The van der Waals surface area contributed by atoms with E-state index in [0.29, 0.717) is 11.4 Å². The third-order valence-electron chi connectivity index (χ3n) is 3.35. The van der Waals surface area contributed by atoms with Crippen molar-refractivity contribution in [2.75, 3.05) is 0 Å². The van der Waals surface area contributed by atoms with Gasteiger partial charge >= 0.3 is 0 Å². The lowest BCUT2D eigenvalue weighted by Crippen LogP contribution is -2.09. The summed E-state index contributed by atoms with van der Waals surface area (Å²) in [6, 6.07) is 7.39. The molecular weight excluding hydrogens is 340 g/mol. The van der Waals surface area contributed by atoms with E-state index in [2.05, 4.69) is 28.0 Å². The summed E-state index contributed by atoms with van der Waals surface area (Å²) < 4.78 is 2.93. The molecule has 0 aliphatic heterocycles. The first-order valence-corrected chi connectivity index (χ1v) is 7.92.